The highest BCUT2D eigenvalue weighted by Gasteiger charge is 2.07. The van der Waals surface area contributed by atoms with Gasteiger partial charge in [-0.1, -0.05) is 30.3 Å². The summed E-state index contributed by atoms with van der Waals surface area (Å²) in [6.45, 7) is 0.195. The van der Waals surface area contributed by atoms with Crippen LogP contribution < -0.4 is 5.32 Å². The third-order valence-corrected chi connectivity index (χ3v) is 1.62. The summed E-state index contributed by atoms with van der Waals surface area (Å²) in [6.07, 6.45) is 0. The van der Waals surface area contributed by atoms with Gasteiger partial charge in [-0.25, -0.2) is 9.86 Å². The van der Waals surface area contributed by atoms with E-state index in [1.165, 1.54) is 7.05 Å². The van der Waals surface area contributed by atoms with Gasteiger partial charge in [-0.2, -0.15) is 0 Å². The van der Waals surface area contributed by atoms with Crippen molar-refractivity contribution in [1.82, 2.24) is 10.4 Å². The average Bonchev–Trinajstić information content (AvgIpc) is 2.18. The van der Waals surface area contributed by atoms with Gasteiger partial charge in [0.05, 0.1) is 6.54 Å². The van der Waals surface area contributed by atoms with Crippen molar-refractivity contribution in [3.05, 3.63) is 35.9 Å². The minimum Gasteiger partial charge on any atom is -0.339 e. The van der Waals surface area contributed by atoms with Crippen molar-refractivity contribution >= 4 is 6.03 Å². The number of hydrogen-bond donors (Lipinski definition) is 2. The topological polar surface area (TPSA) is 52.6 Å². The number of nitrogens with zero attached hydrogens (tertiary/aromatic N) is 1. The smallest absolute Gasteiger partial charge is 0.339 e. The quantitative estimate of drug-likeness (QED) is 0.531. The molecule has 0 saturated heterocycles. The Morgan fingerprint density at radius 3 is 2.62 bits per heavy atom. The molecule has 2 amide bonds. The van der Waals surface area contributed by atoms with Crippen LogP contribution in [0.1, 0.15) is 5.56 Å². The molecule has 4 heteroatoms. The molecule has 0 fully saturated rings. The van der Waals surface area contributed by atoms with Gasteiger partial charge in [-0.3, -0.25) is 5.21 Å². The van der Waals surface area contributed by atoms with Gasteiger partial charge >= 0.3 is 6.03 Å². The van der Waals surface area contributed by atoms with Crippen molar-refractivity contribution in [2.75, 3.05) is 7.05 Å². The van der Waals surface area contributed by atoms with E-state index in [2.05, 4.69) is 5.32 Å². The van der Waals surface area contributed by atoms with E-state index in [9.17, 15) is 10.0 Å². The number of hydroxylamine groups is 2. The van der Waals surface area contributed by atoms with Crippen LogP contribution in [0.15, 0.2) is 30.3 Å². The summed E-state index contributed by atoms with van der Waals surface area (Å²) in [5, 5.41) is 12.1. The summed E-state index contributed by atoms with van der Waals surface area (Å²) in [5.74, 6) is 0. The lowest BCUT2D eigenvalue weighted by molar-refractivity contribution is -0.0501. The molecule has 2 N–H and O–H groups in total. The van der Waals surface area contributed by atoms with E-state index in [1.807, 2.05) is 30.3 Å². The highest BCUT2D eigenvalue weighted by molar-refractivity contribution is 5.72. The molecule has 1 rings (SSSR count). The van der Waals surface area contributed by atoms with E-state index in [-0.39, 0.29) is 6.54 Å². The van der Waals surface area contributed by atoms with E-state index >= 15 is 0 Å². The first-order valence-electron chi connectivity index (χ1n) is 3.96. The van der Waals surface area contributed by atoms with Crippen molar-refractivity contribution in [2.24, 2.45) is 0 Å². The lowest BCUT2D eigenvalue weighted by atomic mass is 10.2. The number of benzene rings is 1. The molecule has 1 aromatic rings. The molecule has 0 aromatic heterocycles. The fourth-order valence-corrected chi connectivity index (χ4v) is 0.957. The summed E-state index contributed by atoms with van der Waals surface area (Å²) >= 11 is 0. The van der Waals surface area contributed by atoms with Gasteiger partial charge in [0.1, 0.15) is 0 Å². The lowest BCUT2D eigenvalue weighted by Crippen LogP contribution is -2.34. The minimum atomic E-state index is -0.510. The van der Waals surface area contributed by atoms with E-state index in [0.29, 0.717) is 5.06 Å². The molecule has 0 aliphatic heterocycles. The van der Waals surface area contributed by atoms with Gasteiger partial charge in [-0.15, -0.1) is 0 Å². The first-order chi connectivity index (χ1) is 6.24. The molecule has 70 valence electrons. The zero-order valence-electron chi connectivity index (χ0n) is 7.40. The highest BCUT2D eigenvalue weighted by atomic mass is 16.5. The van der Waals surface area contributed by atoms with Crippen molar-refractivity contribution in [2.45, 2.75) is 6.54 Å². The van der Waals surface area contributed by atoms with Gasteiger partial charge in [0.2, 0.25) is 0 Å². The minimum absolute atomic E-state index is 0.195. The Hall–Kier alpha value is -1.55. The van der Waals surface area contributed by atoms with Crippen molar-refractivity contribution < 1.29 is 10.0 Å². The molecule has 0 saturated carbocycles. The normalized spacial score (nSPS) is 9.38. The first-order valence-corrected chi connectivity index (χ1v) is 3.96. The SMILES string of the molecule is CNC(=O)N(O)Cc1ccccc1. The van der Waals surface area contributed by atoms with E-state index in [4.69, 9.17) is 0 Å². The molecular weight excluding hydrogens is 168 g/mol. The summed E-state index contributed by atoms with van der Waals surface area (Å²) in [4.78, 5) is 10.9. The van der Waals surface area contributed by atoms with E-state index < -0.39 is 6.03 Å². The number of carbonyl (C=O) groups is 1. The van der Waals surface area contributed by atoms with Crippen LogP contribution in [-0.2, 0) is 6.54 Å². The Morgan fingerprint density at radius 2 is 2.08 bits per heavy atom. The monoisotopic (exact) mass is 180 g/mol. The van der Waals surface area contributed by atoms with Crippen LogP contribution in [0.25, 0.3) is 0 Å². The van der Waals surface area contributed by atoms with Crippen LogP contribution in [0.2, 0.25) is 0 Å². The standard InChI is InChI=1S/C9H12N2O2/c1-10-9(12)11(13)7-8-5-3-2-4-6-8/h2-6,13H,7H2,1H3,(H,10,12). The molecule has 0 unspecified atom stereocenters. The van der Waals surface area contributed by atoms with Gasteiger partial charge in [0.25, 0.3) is 0 Å². The molecule has 13 heavy (non-hydrogen) atoms. The fourth-order valence-electron chi connectivity index (χ4n) is 0.957. The van der Waals surface area contributed by atoms with Gasteiger partial charge in [-0.05, 0) is 5.56 Å². The second-order valence-corrected chi connectivity index (χ2v) is 2.60. The Balaban J connectivity index is 2.55. The maximum absolute atomic E-state index is 10.9. The van der Waals surface area contributed by atoms with E-state index in [1.54, 1.807) is 0 Å². The zero-order chi connectivity index (χ0) is 9.68. The second-order valence-electron chi connectivity index (χ2n) is 2.60. The summed E-state index contributed by atoms with van der Waals surface area (Å²) in [7, 11) is 1.47. The Labute approximate surface area is 76.7 Å². The molecule has 0 atom stereocenters. The van der Waals surface area contributed by atoms with Crippen LogP contribution in [0.3, 0.4) is 0 Å². The van der Waals surface area contributed by atoms with E-state index in [0.717, 1.165) is 5.56 Å². The molecule has 0 spiro atoms. The largest absolute Gasteiger partial charge is 0.341 e. The summed E-state index contributed by atoms with van der Waals surface area (Å²) in [6, 6.07) is 8.76. The first kappa shape index (κ1) is 9.54. The molecular formula is C9H12N2O2. The molecule has 0 aliphatic rings. The van der Waals surface area contributed by atoms with Crippen LogP contribution in [0.5, 0.6) is 0 Å². The van der Waals surface area contributed by atoms with Crippen LogP contribution in [0.4, 0.5) is 4.79 Å². The average molecular weight is 180 g/mol. The number of carbonyl (C=O) groups excluding carboxylic acids is 1. The third kappa shape index (κ3) is 2.76. The summed E-state index contributed by atoms with van der Waals surface area (Å²) in [5.41, 5.74) is 0.883. The Bertz CT molecular complexity index is 274. The van der Waals surface area contributed by atoms with Crippen molar-refractivity contribution in [3.63, 3.8) is 0 Å². The molecule has 0 radical (unpaired) electrons. The number of rotatable bonds is 2. The van der Waals surface area contributed by atoms with Crippen molar-refractivity contribution in [1.29, 1.82) is 0 Å². The molecule has 4 nitrogen and oxygen atoms in total. The zero-order valence-corrected chi connectivity index (χ0v) is 7.40. The van der Waals surface area contributed by atoms with Crippen LogP contribution in [-0.4, -0.2) is 23.3 Å². The molecule has 1 aromatic carbocycles. The Morgan fingerprint density at radius 1 is 1.46 bits per heavy atom. The number of hydrogen-bond acceptors (Lipinski definition) is 2. The van der Waals surface area contributed by atoms with Crippen LogP contribution >= 0.6 is 0 Å². The number of nitrogens with one attached hydrogen (secondary N) is 1. The highest BCUT2D eigenvalue weighted by Crippen LogP contribution is 2.01. The molecule has 0 aliphatic carbocycles. The van der Waals surface area contributed by atoms with Crippen LogP contribution in [0, 0.1) is 0 Å². The van der Waals surface area contributed by atoms with Gasteiger partial charge in [0, 0.05) is 7.05 Å². The lowest BCUT2D eigenvalue weighted by Gasteiger charge is -2.13. The molecule has 0 bridgehead atoms. The third-order valence-electron chi connectivity index (χ3n) is 1.62. The Kier molecular flexibility index (Phi) is 3.28. The maximum Gasteiger partial charge on any atom is 0.341 e. The molecule has 0 heterocycles. The van der Waals surface area contributed by atoms with Gasteiger partial charge in [0.15, 0.2) is 0 Å². The second kappa shape index (κ2) is 4.47. The number of amides is 2. The van der Waals surface area contributed by atoms with Crippen molar-refractivity contribution in [3.8, 4) is 0 Å². The summed E-state index contributed by atoms with van der Waals surface area (Å²) < 4.78 is 0. The maximum atomic E-state index is 10.9. The predicted molar refractivity (Wildman–Crippen MR) is 48.2 cm³/mol. The fraction of sp³-hybridized carbons (Fsp3) is 0.222. The predicted octanol–water partition coefficient (Wildman–Crippen LogP) is 1.22. The van der Waals surface area contributed by atoms with Gasteiger partial charge < -0.3 is 5.32 Å². The number of urea groups is 1.